The van der Waals surface area contributed by atoms with Crippen LogP contribution in [0.5, 0.6) is 6.01 Å². The summed E-state index contributed by atoms with van der Waals surface area (Å²) in [6, 6.07) is 1.93. The lowest BCUT2D eigenvalue weighted by molar-refractivity contribution is -0.122. The second kappa shape index (κ2) is 8.61. The highest BCUT2D eigenvalue weighted by molar-refractivity contribution is 5.93. The number of carbonyl (C=O) groups is 3. The Morgan fingerprint density at radius 2 is 2.25 bits per heavy atom. The van der Waals surface area contributed by atoms with Crippen LogP contribution in [0.15, 0.2) is 23.0 Å². The van der Waals surface area contributed by atoms with Crippen molar-refractivity contribution in [1.82, 2.24) is 25.0 Å². The van der Waals surface area contributed by atoms with Gasteiger partial charge in [0, 0.05) is 32.0 Å². The number of aromatic nitrogens is 3. The largest absolute Gasteiger partial charge is 0.483 e. The lowest BCUT2D eigenvalue weighted by Gasteiger charge is -2.29. The first kappa shape index (κ1) is 21.8. The number of likely N-dealkylation sites (tertiary alicyclic amines) is 1. The Morgan fingerprint density at radius 1 is 1.47 bits per heavy atom. The molecule has 2 aromatic heterocycles. The first-order valence-corrected chi connectivity index (χ1v) is 10.2. The lowest BCUT2D eigenvalue weighted by Crippen LogP contribution is -2.41. The number of carboxylic acid groups (broad SMARTS) is 1. The molecule has 2 aromatic rings. The van der Waals surface area contributed by atoms with Crippen molar-refractivity contribution < 1.29 is 33.4 Å². The Labute approximate surface area is 183 Å². The fourth-order valence-corrected chi connectivity index (χ4v) is 5.10. The van der Waals surface area contributed by atoms with Crippen molar-refractivity contribution in [2.75, 3.05) is 26.7 Å². The molecule has 0 saturated carbocycles. The Morgan fingerprint density at radius 3 is 2.91 bits per heavy atom. The van der Waals surface area contributed by atoms with E-state index in [2.05, 4.69) is 15.4 Å². The van der Waals surface area contributed by atoms with Crippen molar-refractivity contribution in [3.05, 3.63) is 30.0 Å². The van der Waals surface area contributed by atoms with Gasteiger partial charge in [0.05, 0.1) is 37.2 Å². The normalized spacial score (nSPS) is 27.4. The SMILES string of the molecule is COc1nc(C(=O)N2C[C@@H]3[C@H](CNC(=O)c4ccoc4)[C@H]4CC[C@]3(C2)O4)nn1C.O=CO. The molecule has 12 nitrogen and oxygen atoms in total. The number of furan rings is 1. The van der Waals surface area contributed by atoms with Crippen LogP contribution < -0.4 is 10.1 Å². The first-order chi connectivity index (χ1) is 15.4. The number of hydrogen-bond acceptors (Lipinski definition) is 8. The number of nitrogens with zero attached hydrogens (tertiary/aromatic N) is 4. The van der Waals surface area contributed by atoms with Gasteiger partial charge < -0.3 is 29.2 Å². The van der Waals surface area contributed by atoms with E-state index >= 15 is 0 Å². The molecule has 12 heteroatoms. The summed E-state index contributed by atoms with van der Waals surface area (Å²) in [6.45, 7) is 1.36. The molecule has 32 heavy (non-hydrogen) atoms. The van der Waals surface area contributed by atoms with Gasteiger partial charge in [-0.25, -0.2) is 4.68 Å². The lowest BCUT2D eigenvalue weighted by atomic mass is 9.73. The predicted molar refractivity (Wildman–Crippen MR) is 107 cm³/mol. The molecule has 5 heterocycles. The average molecular weight is 447 g/mol. The molecule has 0 unspecified atom stereocenters. The van der Waals surface area contributed by atoms with Crippen LogP contribution in [-0.4, -0.2) is 81.5 Å². The standard InChI is InChI=1S/C19H23N5O5.CH2O2/c1-23-18(27-2)21-15(22-23)17(26)24-8-13-12(14-3-5-19(13,10-24)29-14)7-20-16(25)11-4-6-28-9-11;2-1-3/h4,6,9,12-14H,3,5,7-8,10H2,1-2H3,(H,20,25);1H,(H,2,3)/t12-,13+,14+,19+;/m0./s1. The summed E-state index contributed by atoms with van der Waals surface area (Å²) >= 11 is 0. The third-order valence-corrected chi connectivity index (χ3v) is 6.45. The fraction of sp³-hybridized carbons (Fsp3) is 0.550. The predicted octanol–water partition coefficient (Wildman–Crippen LogP) is 0.167. The van der Waals surface area contributed by atoms with E-state index in [0.717, 1.165) is 12.8 Å². The third-order valence-electron chi connectivity index (χ3n) is 6.45. The van der Waals surface area contributed by atoms with E-state index in [4.69, 9.17) is 23.8 Å². The van der Waals surface area contributed by atoms with Crippen LogP contribution in [0.2, 0.25) is 0 Å². The van der Waals surface area contributed by atoms with E-state index in [-0.39, 0.29) is 47.7 Å². The van der Waals surface area contributed by atoms with E-state index in [1.165, 1.54) is 24.3 Å². The molecule has 4 atom stereocenters. The van der Waals surface area contributed by atoms with Gasteiger partial charge in [-0.15, -0.1) is 5.10 Å². The van der Waals surface area contributed by atoms with Gasteiger partial charge in [0.1, 0.15) is 6.26 Å². The van der Waals surface area contributed by atoms with Crippen LogP contribution in [0.25, 0.3) is 0 Å². The molecule has 172 valence electrons. The molecule has 0 radical (unpaired) electrons. The summed E-state index contributed by atoms with van der Waals surface area (Å²) in [5.74, 6) is 0.0939. The van der Waals surface area contributed by atoms with E-state index < -0.39 is 0 Å². The molecule has 1 spiro atoms. The van der Waals surface area contributed by atoms with Gasteiger partial charge in [0.15, 0.2) is 0 Å². The summed E-state index contributed by atoms with van der Waals surface area (Å²) in [6.07, 6.45) is 4.90. The van der Waals surface area contributed by atoms with Gasteiger partial charge in [-0.2, -0.15) is 4.98 Å². The molecule has 3 saturated heterocycles. The molecule has 5 rings (SSSR count). The highest BCUT2D eigenvalue weighted by Gasteiger charge is 2.63. The third kappa shape index (κ3) is 3.70. The zero-order valence-electron chi connectivity index (χ0n) is 17.8. The van der Waals surface area contributed by atoms with Gasteiger partial charge in [0.2, 0.25) is 5.82 Å². The maximum absolute atomic E-state index is 13.0. The van der Waals surface area contributed by atoms with Crippen LogP contribution >= 0.6 is 0 Å². The average Bonchev–Trinajstić information content (AvgIpc) is 3.58. The number of nitrogens with one attached hydrogen (secondary N) is 1. The van der Waals surface area contributed by atoms with Crippen LogP contribution in [-0.2, 0) is 16.6 Å². The highest BCUT2D eigenvalue weighted by Crippen LogP contribution is 2.54. The maximum atomic E-state index is 13.0. The second-order valence-electron chi connectivity index (χ2n) is 8.09. The number of methoxy groups -OCH3 is 1. The molecule has 2 bridgehead atoms. The first-order valence-electron chi connectivity index (χ1n) is 10.2. The van der Waals surface area contributed by atoms with Gasteiger partial charge >= 0.3 is 6.01 Å². The molecular formula is C20H25N5O7. The van der Waals surface area contributed by atoms with Gasteiger partial charge in [-0.1, -0.05) is 0 Å². The van der Waals surface area contributed by atoms with E-state index in [1.54, 1.807) is 18.0 Å². The van der Waals surface area contributed by atoms with Crippen LogP contribution in [0.3, 0.4) is 0 Å². The number of fused-ring (bicyclic) bond motifs is 1. The summed E-state index contributed by atoms with van der Waals surface area (Å²) < 4.78 is 17.9. The molecule has 3 fully saturated rings. The van der Waals surface area contributed by atoms with Crippen molar-refractivity contribution >= 4 is 18.3 Å². The minimum Gasteiger partial charge on any atom is -0.483 e. The minimum atomic E-state index is -0.329. The van der Waals surface area contributed by atoms with E-state index in [1.807, 2.05) is 0 Å². The van der Waals surface area contributed by atoms with Crippen molar-refractivity contribution in [1.29, 1.82) is 0 Å². The zero-order chi connectivity index (χ0) is 22.9. The molecular weight excluding hydrogens is 422 g/mol. The zero-order valence-corrected chi connectivity index (χ0v) is 17.8. The number of rotatable bonds is 5. The highest BCUT2D eigenvalue weighted by atomic mass is 16.5. The van der Waals surface area contributed by atoms with Crippen LogP contribution in [0.1, 0.15) is 33.8 Å². The van der Waals surface area contributed by atoms with Crippen LogP contribution in [0.4, 0.5) is 0 Å². The van der Waals surface area contributed by atoms with E-state index in [0.29, 0.717) is 31.2 Å². The Hall–Kier alpha value is -3.41. The molecule has 3 aliphatic heterocycles. The monoisotopic (exact) mass is 447 g/mol. The minimum absolute atomic E-state index is 0.120. The van der Waals surface area contributed by atoms with Gasteiger partial charge in [-0.3, -0.25) is 14.4 Å². The van der Waals surface area contributed by atoms with Crippen molar-refractivity contribution in [2.45, 2.75) is 24.5 Å². The molecule has 2 N–H and O–H groups in total. The molecule has 2 amide bonds. The summed E-state index contributed by atoms with van der Waals surface area (Å²) in [5, 5.41) is 14.0. The number of hydrogen-bond donors (Lipinski definition) is 2. The Bertz CT molecular complexity index is 991. The Balaban J connectivity index is 0.000000775. The van der Waals surface area contributed by atoms with Gasteiger partial charge in [-0.05, 0) is 18.9 Å². The topological polar surface area (TPSA) is 149 Å². The van der Waals surface area contributed by atoms with Crippen molar-refractivity contribution in [2.24, 2.45) is 18.9 Å². The molecule has 3 aliphatic rings. The quantitative estimate of drug-likeness (QED) is 0.612. The number of amides is 2. The maximum Gasteiger partial charge on any atom is 0.314 e. The van der Waals surface area contributed by atoms with Gasteiger partial charge in [0.25, 0.3) is 18.3 Å². The number of carbonyl (C=O) groups excluding carboxylic acids is 2. The fourth-order valence-electron chi connectivity index (χ4n) is 5.10. The smallest absolute Gasteiger partial charge is 0.314 e. The molecule has 0 aliphatic carbocycles. The van der Waals surface area contributed by atoms with E-state index in [9.17, 15) is 9.59 Å². The molecule has 0 aromatic carbocycles. The van der Waals surface area contributed by atoms with Crippen molar-refractivity contribution in [3.63, 3.8) is 0 Å². The summed E-state index contributed by atoms with van der Waals surface area (Å²) in [7, 11) is 3.18. The van der Waals surface area contributed by atoms with Crippen LogP contribution in [0, 0.1) is 11.8 Å². The number of aryl methyl sites for hydroxylation is 1. The Kier molecular flexibility index (Phi) is 5.87. The summed E-state index contributed by atoms with van der Waals surface area (Å²) in [4.78, 5) is 39.5. The summed E-state index contributed by atoms with van der Waals surface area (Å²) in [5.41, 5.74) is 0.173. The second-order valence-corrected chi connectivity index (χ2v) is 8.09. The van der Waals surface area contributed by atoms with Crippen molar-refractivity contribution in [3.8, 4) is 6.01 Å². The number of ether oxygens (including phenoxy) is 2.